The Morgan fingerprint density at radius 1 is 1.60 bits per heavy atom. The largest absolute Gasteiger partial charge is 0.312 e. The third-order valence-corrected chi connectivity index (χ3v) is 2.14. The van der Waals surface area contributed by atoms with Crippen molar-refractivity contribution in [3.8, 4) is 6.07 Å². The van der Waals surface area contributed by atoms with Gasteiger partial charge in [-0.15, -0.1) is 0 Å². The van der Waals surface area contributed by atoms with Crippen molar-refractivity contribution in [1.82, 2.24) is 9.38 Å². The molecule has 0 amide bonds. The van der Waals surface area contributed by atoms with Crippen LogP contribution in [0.15, 0.2) is 18.3 Å². The van der Waals surface area contributed by atoms with Gasteiger partial charge in [-0.25, -0.2) is 4.98 Å². The van der Waals surface area contributed by atoms with Crippen molar-refractivity contribution in [1.29, 1.82) is 5.26 Å². The van der Waals surface area contributed by atoms with Gasteiger partial charge in [-0.3, -0.25) is 14.5 Å². The predicted octanol–water partition coefficient (Wildman–Crippen LogP) is 1.42. The van der Waals surface area contributed by atoms with Crippen LogP contribution in [0.25, 0.3) is 5.65 Å². The maximum atomic E-state index is 10.7. The maximum Gasteiger partial charge on any atom is 0.312 e. The molecule has 0 atom stereocenters. The van der Waals surface area contributed by atoms with Gasteiger partial charge in [0, 0.05) is 11.8 Å². The molecule has 0 spiro atoms. The molecule has 0 radical (unpaired) electrons. The minimum atomic E-state index is -0.511. The highest BCUT2D eigenvalue weighted by Gasteiger charge is 2.16. The predicted molar refractivity (Wildman–Crippen MR) is 51.3 cm³/mol. The number of fused-ring (bicyclic) bond motifs is 1. The number of nitriles is 1. The van der Waals surface area contributed by atoms with E-state index in [1.54, 1.807) is 13.0 Å². The Hall–Kier alpha value is -2.42. The van der Waals surface area contributed by atoms with E-state index in [9.17, 15) is 10.1 Å². The first kappa shape index (κ1) is 9.15. The van der Waals surface area contributed by atoms with Crippen molar-refractivity contribution in [3.63, 3.8) is 0 Å². The fourth-order valence-corrected chi connectivity index (χ4v) is 1.46. The van der Waals surface area contributed by atoms with Crippen LogP contribution in [0, 0.1) is 28.4 Å². The molecular formula is C9H6N4O2. The molecule has 2 rings (SSSR count). The van der Waals surface area contributed by atoms with E-state index in [1.165, 1.54) is 16.7 Å². The van der Waals surface area contributed by atoms with Crippen molar-refractivity contribution < 1.29 is 4.92 Å². The van der Waals surface area contributed by atoms with Crippen LogP contribution in [0.2, 0.25) is 0 Å². The second kappa shape index (κ2) is 3.06. The third-order valence-electron chi connectivity index (χ3n) is 2.14. The summed E-state index contributed by atoms with van der Waals surface area (Å²) < 4.78 is 1.47. The lowest BCUT2D eigenvalue weighted by Crippen LogP contribution is -1.98. The molecule has 2 heterocycles. The number of nitrogens with zero attached hydrogens (tertiary/aromatic N) is 4. The first-order valence-corrected chi connectivity index (χ1v) is 4.16. The molecule has 0 bridgehead atoms. The van der Waals surface area contributed by atoms with Crippen molar-refractivity contribution in [3.05, 3.63) is 39.8 Å². The van der Waals surface area contributed by atoms with E-state index in [0.717, 1.165) is 5.69 Å². The van der Waals surface area contributed by atoms with Crippen molar-refractivity contribution in [2.24, 2.45) is 0 Å². The summed E-state index contributed by atoms with van der Waals surface area (Å²) in [6.07, 6.45) is 1.33. The van der Waals surface area contributed by atoms with E-state index in [2.05, 4.69) is 4.98 Å². The molecule has 6 heteroatoms. The minimum absolute atomic E-state index is 0.0953. The first-order chi connectivity index (χ1) is 7.15. The second-order valence-corrected chi connectivity index (χ2v) is 3.03. The normalized spacial score (nSPS) is 10.1. The van der Waals surface area contributed by atoms with Gasteiger partial charge >= 0.3 is 5.69 Å². The molecule has 6 nitrogen and oxygen atoms in total. The zero-order valence-electron chi connectivity index (χ0n) is 7.84. The molecule has 0 saturated heterocycles. The molecule has 0 saturated carbocycles. The number of imidazole rings is 1. The number of aromatic nitrogens is 2. The monoisotopic (exact) mass is 202 g/mol. The van der Waals surface area contributed by atoms with E-state index < -0.39 is 4.92 Å². The van der Waals surface area contributed by atoms with Gasteiger partial charge < -0.3 is 0 Å². The lowest BCUT2D eigenvalue weighted by Gasteiger charge is -2.00. The SMILES string of the molecule is Cc1ccc([N+](=O)[O-])c2ncc(C#N)n12. The van der Waals surface area contributed by atoms with Gasteiger partial charge in [-0.2, -0.15) is 5.26 Å². The van der Waals surface area contributed by atoms with Crippen LogP contribution in [-0.2, 0) is 0 Å². The summed E-state index contributed by atoms with van der Waals surface area (Å²) in [5.41, 5.74) is 1.15. The maximum absolute atomic E-state index is 10.7. The minimum Gasteiger partial charge on any atom is -0.283 e. The molecule has 74 valence electrons. The molecule has 2 aromatic rings. The fourth-order valence-electron chi connectivity index (χ4n) is 1.46. The van der Waals surface area contributed by atoms with E-state index in [1.807, 2.05) is 6.07 Å². The Bertz CT molecular complexity index is 594. The molecule has 0 aliphatic rings. The van der Waals surface area contributed by atoms with Crippen LogP contribution in [0.1, 0.15) is 11.4 Å². The summed E-state index contributed by atoms with van der Waals surface area (Å²) in [5, 5.41) is 19.5. The highest BCUT2D eigenvalue weighted by atomic mass is 16.6. The number of hydrogen-bond donors (Lipinski definition) is 0. The average molecular weight is 202 g/mol. The van der Waals surface area contributed by atoms with Crippen LogP contribution in [0.4, 0.5) is 5.69 Å². The van der Waals surface area contributed by atoms with E-state index in [-0.39, 0.29) is 11.3 Å². The zero-order valence-corrected chi connectivity index (χ0v) is 7.84. The highest BCUT2D eigenvalue weighted by molar-refractivity contribution is 5.62. The van der Waals surface area contributed by atoms with Crippen LogP contribution >= 0.6 is 0 Å². The summed E-state index contributed by atoms with van der Waals surface area (Å²) in [7, 11) is 0. The fraction of sp³-hybridized carbons (Fsp3) is 0.111. The molecule has 0 unspecified atom stereocenters. The Kier molecular flexibility index (Phi) is 1.87. The molecule has 0 fully saturated rings. The van der Waals surface area contributed by atoms with Gasteiger partial charge in [0.15, 0.2) is 0 Å². The number of aryl methyl sites for hydroxylation is 1. The van der Waals surface area contributed by atoms with Crippen molar-refractivity contribution in [2.45, 2.75) is 6.92 Å². The number of rotatable bonds is 1. The van der Waals surface area contributed by atoms with Crippen LogP contribution in [0.3, 0.4) is 0 Å². The number of pyridine rings is 1. The number of hydrogen-bond acceptors (Lipinski definition) is 4. The van der Waals surface area contributed by atoms with Crippen molar-refractivity contribution in [2.75, 3.05) is 0 Å². The highest BCUT2D eigenvalue weighted by Crippen LogP contribution is 2.21. The van der Waals surface area contributed by atoms with Gasteiger partial charge in [0.05, 0.1) is 11.1 Å². The van der Waals surface area contributed by atoms with Gasteiger partial charge in [0.2, 0.25) is 5.65 Å². The third kappa shape index (κ3) is 1.21. The molecule has 0 aliphatic carbocycles. The lowest BCUT2D eigenvalue weighted by atomic mass is 10.3. The van der Waals surface area contributed by atoms with Gasteiger partial charge in [0.1, 0.15) is 11.8 Å². The molecule has 15 heavy (non-hydrogen) atoms. The van der Waals surface area contributed by atoms with Gasteiger partial charge in [0.25, 0.3) is 0 Å². The van der Waals surface area contributed by atoms with Gasteiger partial charge in [-0.05, 0) is 13.0 Å². The standard InChI is InChI=1S/C9H6N4O2/c1-6-2-3-8(13(14)15)9-11-5-7(4-10)12(6)9/h2-3,5H,1H3. The number of nitro groups is 1. The summed E-state index contributed by atoms with van der Waals surface area (Å²) in [5.74, 6) is 0. The molecular weight excluding hydrogens is 196 g/mol. The van der Waals surface area contributed by atoms with Crippen LogP contribution in [-0.4, -0.2) is 14.3 Å². The van der Waals surface area contributed by atoms with Crippen LogP contribution in [0.5, 0.6) is 0 Å². The van der Waals surface area contributed by atoms with E-state index in [4.69, 9.17) is 5.26 Å². The summed E-state index contributed by atoms with van der Waals surface area (Å²) >= 11 is 0. The Labute approximate surface area is 84.5 Å². The topological polar surface area (TPSA) is 84.2 Å². The average Bonchev–Trinajstić information content (AvgIpc) is 2.62. The van der Waals surface area contributed by atoms with E-state index >= 15 is 0 Å². The van der Waals surface area contributed by atoms with Gasteiger partial charge in [-0.1, -0.05) is 0 Å². The lowest BCUT2D eigenvalue weighted by molar-refractivity contribution is -0.383. The van der Waals surface area contributed by atoms with Crippen molar-refractivity contribution >= 4 is 11.3 Å². The molecule has 0 N–H and O–H groups in total. The Morgan fingerprint density at radius 2 is 2.33 bits per heavy atom. The molecule has 0 aromatic carbocycles. The summed E-state index contributed by atoms with van der Waals surface area (Å²) in [4.78, 5) is 14.1. The Morgan fingerprint density at radius 3 is 2.93 bits per heavy atom. The zero-order chi connectivity index (χ0) is 11.0. The first-order valence-electron chi connectivity index (χ1n) is 4.16. The quantitative estimate of drug-likeness (QED) is 0.517. The molecule has 2 aromatic heterocycles. The smallest absolute Gasteiger partial charge is 0.283 e. The van der Waals surface area contributed by atoms with E-state index in [0.29, 0.717) is 5.69 Å². The second-order valence-electron chi connectivity index (χ2n) is 3.03. The van der Waals surface area contributed by atoms with Crippen LogP contribution < -0.4 is 0 Å². The Balaban J connectivity index is 2.92. The summed E-state index contributed by atoms with van der Waals surface area (Å²) in [6.45, 7) is 1.76. The molecule has 0 aliphatic heterocycles. The summed E-state index contributed by atoms with van der Waals surface area (Å²) in [6, 6.07) is 4.91.